The van der Waals surface area contributed by atoms with Crippen LogP contribution in [0.1, 0.15) is 17.2 Å². The molecule has 0 saturated heterocycles. The smallest absolute Gasteiger partial charge is 0.110 e. The summed E-state index contributed by atoms with van der Waals surface area (Å²) in [6.07, 6.45) is 4.48. The number of nitrogens with two attached hydrogens (primary N) is 1. The number of aryl methyl sites for hydroxylation is 2. The Hall–Kier alpha value is -1.33. The summed E-state index contributed by atoms with van der Waals surface area (Å²) < 4.78 is 3.86. The monoisotopic (exact) mass is 253 g/mol. The number of halogens is 1. The van der Waals surface area contributed by atoms with Gasteiger partial charge in [0.15, 0.2) is 0 Å². The van der Waals surface area contributed by atoms with Crippen LogP contribution in [0.5, 0.6) is 0 Å². The van der Waals surface area contributed by atoms with Crippen LogP contribution in [0.15, 0.2) is 12.4 Å². The zero-order chi connectivity index (χ0) is 12.4. The van der Waals surface area contributed by atoms with Gasteiger partial charge in [-0.05, 0) is 13.5 Å². The van der Waals surface area contributed by atoms with Crippen molar-refractivity contribution in [3.8, 4) is 0 Å². The molecule has 0 aliphatic carbocycles. The Bertz CT molecular complexity index is 514. The molecule has 0 aliphatic heterocycles. The van der Waals surface area contributed by atoms with Crippen LogP contribution in [-0.2, 0) is 20.0 Å². The van der Waals surface area contributed by atoms with Crippen molar-refractivity contribution >= 4 is 11.6 Å². The van der Waals surface area contributed by atoms with Crippen molar-refractivity contribution in [2.45, 2.75) is 19.9 Å². The lowest BCUT2D eigenvalue weighted by atomic mass is 10.3. The van der Waals surface area contributed by atoms with E-state index < -0.39 is 0 Å². The van der Waals surface area contributed by atoms with Gasteiger partial charge in [-0.3, -0.25) is 4.68 Å². The van der Waals surface area contributed by atoms with Crippen molar-refractivity contribution < 1.29 is 0 Å². The van der Waals surface area contributed by atoms with Crippen LogP contribution in [0, 0.1) is 6.92 Å². The number of nitrogens with zero attached hydrogens (tertiary/aromatic N) is 4. The minimum absolute atomic E-state index is 0.592. The Balaban J connectivity index is 2.28. The van der Waals surface area contributed by atoms with Gasteiger partial charge in [0.25, 0.3) is 0 Å². The summed E-state index contributed by atoms with van der Waals surface area (Å²) in [5, 5.41) is 5.02. The predicted molar refractivity (Wildman–Crippen MR) is 67.0 cm³/mol. The molecule has 0 amide bonds. The van der Waals surface area contributed by atoms with Crippen molar-refractivity contribution in [1.82, 2.24) is 19.3 Å². The molecule has 0 fully saturated rings. The molecule has 92 valence electrons. The van der Waals surface area contributed by atoms with Crippen LogP contribution in [0.3, 0.4) is 0 Å². The number of hydrogen-bond acceptors (Lipinski definition) is 3. The second kappa shape index (κ2) is 4.89. The fraction of sp³-hybridized carbons (Fsp3) is 0.455. The van der Waals surface area contributed by atoms with Gasteiger partial charge in [-0.1, -0.05) is 11.6 Å². The lowest BCUT2D eigenvalue weighted by molar-refractivity contribution is 0.641. The van der Waals surface area contributed by atoms with E-state index in [9.17, 15) is 0 Å². The van der Waals surface area contributed by atoms with Gasteiger partial charge >= 0.3 is 0 Å². The van der Waals surface area contributed by atoms with Gasteiger partial charge in [0.1, 0.15) is 5.82 Å². The third-order valence-electron chi connectivity index (χ3n) is 2.75. The van der Waals surface area contributed by atoms with Crippen LogP contribution in [-0.4, -0.2) is 25.9 Å². The van der Waals surface area contributed by atoms with Gasteiger partial charge in [-0.25, -0.2) is 4.98 Å². The average molecular weight is 254 g/mol. The Morgan fingerprint density at radius 1 is 1.47 bits per heavy atom. The molecule has 2 N–H and O–H groups in total. The van der Waals surface area contributed by atoms with E-state index in [0.29, 0.717) is 13.1 Å². The minimum Gasteiger partial charge on any atom is -0.330 e. The molecular formula is C11H16ClN5. The van der Waals surface area contributed by atoms with Gasteiger partial charge in [0.2, 0.25) is 0 Å². The van der Waals surface area contributed by atoms with Crippen molar-refractivity contribution in [3.05, 3.63) is 34.6 Å². The van der Waals surface area contributed by atoms with Crippen LogP contribution < -0.4 is 5.73 Å². The Kier molecular flexibility index (Phi) is 3.49. The molecule has 2 heterocycles. The standard InChI is InChI=1S/C11H16ClN5/c1-8-11(12)9(16(2)15-8)7-17-6-5-14-10(17)3-4-13/h5-6H,3-4,7,13H2,1-2H3. The first kappa shape index (κ1) is 12.1. The second-order valence-electron chi connectivity index (χ2n) is 3.98. The summed E-state index contributed by atoms with van der Waals surface area (Å²) in [6.45, 7) is 3.17. The summed E-state index contributed by atoms with van der Waals surface area (Å²) in [5.41, 5.74) is 7.39. The van der Waals surface area contributed by atoms with Crippen molar-refractivity contribution in [1.29, 1.82) is 0 Å². The molecule has 2 rings (SSSR count). The maximum absolute atomic E-state index is 6.22. The first-order chi connectivity index (χ1) is 8.13. The normalized spacial score (nSPS) is 11.1. The second-order valence-corrected chi connectivity index (χ2v) is 4.36. The summed E-state index contributed by atoms with van der Waals surface area (Å²) in [7, 11) is 1.90. The van der Waals surface area contributed by atoms with Crippen LogP contribution in [0.4, 0.5) is 0 Å². The summed E-state index contributed by atoms with van der Waals surface area (Å²) >= 11 is 6.22. The molecule has 0 aromatic carbocycles. The van der Waals surface area contributed by atoms with Crippen molar-refractivity contribution in [2.75, 3.05) is 6.54 Å². The highest BCUT2D eigenvalue weighted by molar-refractivity contribution is 6.31. The van der Waals surface area contributed by atoms with Gasteiger partial charge < -0.3 is 10.3 Å². The topological polar surface area (TPSA) is 61.7 Å². The van der Waals surface area contributed by atoms with E-state index in [1.807, 2.05) is 24.9 Å². The highest BCUT2D eigenvalue weighted by atomic mass is 35.5. The lowest BCUT2D eigenvalue weighted by Crippen LogP contribution is -2.12. The van der Waals surface area contributed by atoms with Crippen LogP contribution in [0.25, 0.3) is 0 Å². The summed E-state index contributed by atoms with van der Waals surface area (Å²) in [6, 6.07) is 0. The largest absolute Gasteiger partial charge is 0.330 e. The zero-order valence-electron chi connectivity index (χ0n) is 10.0. The quantitative estimate of drug-likeness (QED) is 0.889. The molecule has 0 saturated carbocycles. The molecule has 2 aromatic rings. The number of hydrogen-bond donors (Lipinski definition) is 1. The van der Waals surface area contributed by atoms with Gasteiger partial charge in [-0.15, -0.1) is 0 Å². The summed E-state index contributed by atoms with van der Waals surface area (Å²) in [4.78, 5) is 4.28. The van der Waals surface area contributed by atoms with Crippen LogP contribution >= 0.6 is 11.6 Å². The van der Waals surface area contributed by atoms with Crippen LogP contribution in [0.2, 0.25) is 5.02 Å². The molecule has 0 aliphatic rings. The zero-order valence-corrected chi connectivity index (χ0v) is 10.8. The van der Waals surface area contributed by atoms with Crippen molar-refractivity contribution in [3.63, 3.8) is 0 Å². The minimum atomic E-state index is 0.592. The van der Waals surface area contributed by atoms with Gasteiger partial charge in [0, 0.05) is 25.9 Å². The Labute approximate surface area is 105 Å². The van der Waals surface area contributed by atoms with E-state index >= 15 is 0 Å². The first-order valence-electron chi connectivity index (χ1n) is 5.51. The SMILES string of the molecule is Cc1nn(C)c(Cn2ccnc2CCN)c1Cl. The number of imidazole rings is 1. The van der Waals surface area contributed by atoms with E-state index in [1.165, 1.54) is 0 Å². The molecule has 2 aromatic heterocycles. The Morgan fingerprint density at radius 2 is 2.24 bits per heavy atom. The highest BCUT2D eigenvalue weighted by Gasteiger charge is 2.12. The molecule has 0 bridgehead atoms. The molecule has 17 heavy (non-hydrogen) atoms. The fourth-order valence-electron chi connectivity index (χ4n) is 1.85. The van der Waals surface area contributed by atoms with E-state index in [0.717, 1.165) is 28.7 Å². The van der Waals surface area contributed by atoms with Gasteiger partial charge in [-0.2, -0.15) is 5.10 Å². The lowest BCUT2D eigenvalue weighted by Gasteiger charge is -2.08. The highest BCUT2D eigenvalue weighted by Crippen LogP contribution is 2.20. The van der Waals surface area contributed by atoms with E-state index in [2.05, 4.69) is 14.6 Å². The van der Waals surface area contributed by atoms with Crippen molar-refractivity contribution in [2.24, 2.45) is 12.8 Å². The van der Waals surface area contributed by atoms with E-state index in [1.54, 1.807) is 6.20 Å². The molecule has 0 atom stereocenters. The number of aromatic nitrogens is 4. The average Bonchev–Trinajstić information content (AvgIpc) is 2.81. The van der Waals surface area contributed by atoms with E-state index in [-0.39, 0.29) is 0 Å². The molecule has 5 nitrogen and oxygen atoms in total. The maximum atomic E-state index is 6.22. The summed E-state index contributed by atoms with van der Waals surface area (Å²) in [5.74, 6) is 0.974. The molecule has 0 spiro atoms. The number of rotatable bonds is 4. The maximum Gasteiger partial charge on any atom is 0.110 e. The third-order valence-corrected chi connectivity index (χ3v) is 3.24. The van der Waals surface area contributed by atoms with E-state index in [4.69, 9.17) is 17.3 Å². The third kappa shape index (κ3) is 2.35. The Morgan fingerprint density at radius 3 is 2.82 bits per heavy atom. The molecule has 0 radical (unpaired) electrons. The first-order valence-corrected chi connectivity index (χ1v) is 5.89. The van der Waals surface area contributed by atoms with Gasteiger partial charge in [0.05, 0.1) is 23.0 Å². The molecule has 0 unspecified atom stereocenters. The molecular weight excluding hydrogens is 238 g/mol. The fourth-order valence-corrected chi connectivity index (χ4v) is 2.07. The molecule has 6 heteroatoms. The predicted octanol–water partition coefficient (Wildman–Crippen LogP) is 1.13.